The van der Waals surface area contributed by atoms with E-state index >= 15 is 0 Å². The molecular weight excluding hydrogens is 358 g/mol. The van der Waals surface area contributed by atoms with Gasteiger partial charge in [-0.15, -0.1) is 0 Å². The van der Waals surface area contributed by atoms with Gasteiger partial charge in [-0.2, -0.15) is 0 Å². The van der Waals surface area contributed by atoms with Gasteiger partial charge in [0.2, 0.25) is 0 Å². The van der Waals surface area contributed by atoms with Gasteiger partial charge in [-0.1, -0.05) is 67.1 Å². The second kappa shape index (κ2) is 11.2. The minimum absolute atomic E-state index is 0.0860. The number of benzene rings is 2. The normalized spacial score (nSPS) is 25.5. The van der Waals surface area contributed by atoms with E-state index in [0.717, 1.165) is 38.5 Å². The zero-order chi connectivity index (χ0) is 20.5. The predicted octanol–water partition coefficient (Wildman–Crippen LogP) is 5.32. The predicted molar refractivity (Wildman–Crippen MR) is 119 cm³/mol. The van der Waals surface area contributed by atoms with Crippen molar-refractivity contribution in [2.45, 2.75) is 70.4 Å². The first-order valence-electron chi connectivity index (χ1n) is 11.2. The van der Waals surface area contributed by atoms with Crippen molar-refractivity contribution in [3.8, 4) is 0 Å². The fraction of sp³-hybridized carbons (Fsp3) is 0.500. The van der Waals surface area contributed by atoms with Gasteiger partial charge in [-0.25, -0.2) is 0 Å². The van der Waals surface area contributed by atoms with Gasteiger partial charge in [-0.3, -0.25) is 4.79 Å². The molecule has 156 valence electrons. The van der Waals surface area contributed by atoms with Crippen molar-refractivity contribution in [3.05, 3.63) is 71.8 Å². The maximum Gasteiger partial charge on any atom is 0.323 e. The number of rotatable bonds is 7. The highest BCUT2D eigenvalue weighted by Crippen LogP contribution is 2.33. The van der Waals surface area contributed by atoms with Crippen LogP contribution in [-0.4, -0.2) is 18.1 Å². The number of esters is 1. The Labute approximate surface area is 175 Å². The molecule has 1 heterocycles. The topological polar surface area (TPSA) is 52.3 Å². The van der Waals surface area contributed by atoms with Crippen LogP contribution in [0, 0.1) is 11.8 Å². The molecule has 2 N–H and O–H groups in total. The van der Waals surface area contributed by atoms with Crippen molar-refractivity contribution >= 4 is 5.97 Å². The van der Waals surface area contributed by atoms with Crippen molar-refractivity contribution in [2.24, 2.45) is 17.6 Å². The first-order valence-corrected chi connectivity index (χ1v) is 11.2. The summed E-state index contributed by atoms with van der Waals surface area (Å²) in [6, 6.07) is 20.9. The molecule has 0 aromatic heterocycles. The molecule has 0 bridgehead atoms. The molecule has 3 heteroatoms. The maximum atomic E-state index is 12.3. The molecule has 1 aliphatic rings. The number of hydrogen-bond acceptors (Lipinski definition) is 3. The molecule has 0 aliphatic carbocycles. The van der Waals surface area contributed by atoms with Gasteiger partial charge < -0.3 is 10.5 Å². The summed E-state index contributed by atoms with van der Waals surface area (Å²) < 4.78 is 5.82. The number of ether oxygens (including phenoxy) is 1. The van der Waals surface area contributed by atoms with Gasteiger partial charge in [0.1, 0.15) is 12.1 Å². The fourth-order valence-electron chi connectivity index (χ4n) is 4.69. The summed E-state index contributed by atoms with van der Waals surface area (Å²) in [5.41, 5.74) is 8.79. The van der Waals surface area contributed by atoms with Gasteiger partial charge in [-0.05, 0) is 74.8 Å². The Kier molecular flexibility index (Phi) is 8.30. The van der Waals surface area contributed by atoms with Crippen LogP contribution in [0.15, 0.2) is 60.7 Å². The second-order valence-corrected chi connectivity index (χ2v) is 8.51. The van der Waals surface area contributed by atoms with E-state index in [9.17, 15) is 4.79 Å². The van der Waals surface area contributed by atoms with Crippen LogP contribution in [0.1, 0.15) is 56.6 Å². The molecule has 0 spiro atoms. The average Bonchev–Trinajstić information content (AvgIpc) is 2.78. The Balaban J connectivity index is 1.67. The van der Waals surface area contributed by atoms with Crippen LogP contribution in [-0.2, 0) is 22.4 Å². The Bertz CT molecular complexity index is 731. The third-order valence-electron chi connectivity index (χ3n) is 6.40. The number of aryl methyl sites for hydroxylation is 2. The molecule has 0 saturated carbocycles. The van der Waals surface area contributed by atoms with E-state index in [0.29, 0.717) is 11.8 Å². The van der Waals surface area contributed by atoms with Gasteiger partial charge in [0, 0.05) is 0 Å². The van der Waals surface area contributed by atoms with Gasteiger partial charge in [0.15, 0.2) is 0 Å². The van der Waals surface area contributed by atoms with E-state index in [2.05, 4.69) is 67.6 Å². The van der Waals surface area contributed by atoms with E-state index in [1.807, 2.05) is 0 Å². The fourth-order valence-corrected chi connectivity index (χ4v) is 4.69. The van der Waals surface area contributed by atoms with Gasteiger partial charge in [0.05, 0.1) is 0 Å². The lowest BCUT2D eigenvalue weighted by Gasteiger charge is -2.31. The van der Waals surface area contributed by atoms with Crippen LogP contribution in [0.3, 0.4) is 0 Å². The number of nitrogens with two attached hydrogens (primary N) is 1. The van der Waals surface area contributed by atoms with Crippen LogP contribution >= 0.6 is 0 Å². The Morgan fingerprint density at radius 1 is 0.897 bits per heavy atom. The van der Waals surface area contributed by atoms with Crippen molar-refractivity contribution in [3.63, 3.8) is 0 Å². The third-order valence-corrected chi connectivity index (χ3v) is 6.40. The molecule has 3 nitrogen and oxygen atoms in total. The lowest BCUT2D eigenvalue weighted by Crippen LogP contribution is -2.36. The molecule has 1 saturated heterocycles. The lowest BCUT2D eigenvalue weighted by atomic mass is 9.78. The summed E-state index contributed by atoms with van der Waals surface area (Å²) in [4.78, 5) is 12.3. The second-order valence-electron chi connectivity index (χ2n) is 8.51. The minimum atomic E-state index is -0.477. The molecule has 2 aromatic carbocycles. The highest BCUT2D eigenvalue weighted by Gasteiger charge is 2.32. The summed E-state index contributed by atoms with van der Waals surface area (Å²) in [5.74, 6) is 0.711. The van der Waals surface area contributed by atoms with Crippen molar-refractivity contribution in [1.29, 1.82) is 0 Å². The summed E-state index contributed by atoms with van der Waals surface area (Å²) in [5, 5.41) is 0. The standard InChI is InChI=1S/C26H35NO2/c1-20-24(19-18-22-12-6-3-7-13-22)23(16-9-17-25(27)26(28)29-20)15-8-14-21-10-4-2-5-11-21/h2-7,10-13,20,23-25H,8-9,14-19,27H2,1H3/t20-,23-,24-,25-/m0/s1. The zero-order valence-electron chi connectivity index (χ0n) is 17.6. The smallest absolute Gasteiger partial charge is 0.323 e. The SMILES string of the molecule is C[C@@H]1OC(=O)[C@@H](N)CCC[C@H](CCCc2ccccc2)[C@H]1CCc1ccccc1. The van der Waals surface area contributed by atoms with E-state index in [1.54, 1.807) is 0 Å². The number of cyclic esters (lactones) is 1. The largest absolute Gasteiger partial charge is 0.461 e. The van der Waals surface area contributed by atoms with Crippen molar-refractivity contribution in [1.82, 2.24) is 0 Å². The molecular formula is C26H35NO2. The third kappa shape index (κ3) is 6.71. The van der Waals surface area contributed by atoms with Crippen LogP contribution in [0.5, 0.6) is 0 Å². The van der Waals surface area contributed by atoms with E-state index in [-0.39, 0.29) is 12.1 Å². The van der Waals surface area contributed by atoms with Gasteiger partial charge in [0.25, 0.3) is 0 Å². The van der Waals surface area contributed by atoms with Crippen LogP contribution in [0.2, 0.25) is 0 Å². The Hall–Kier alpha value is -2.13. The van der Waals surface area contributed by atoms with E-state index < -0.39 is 6.04 Å². The number of hydrogen-bond donors (Lipinski definition) is 1. The molecule has 0 amide bonds. The monoisotopic (exact) mass is 393 g/mol. The number of carbonyl (C=O) groups excluding carboxylic acids is 1. The maximum absolute atomic E-state index is 12.3. The van der Waals surface area contributed by atoms with Crippen molar-refractivity contribution < 1.29 is 9.53 Å². The summed E-state index contributed by atoms with van der Waals surface area (Å²) in [7, 11) is 0. The first-order chi connectivity index (χ1) is 14.1. The molecule has 1 aliphatic heterocycles. The lowest BCUT2D eigenvalue weighted by molar-refractivity contribution is -0.153. The minimum Gasteiger partial charge on any atom is -0.461 e. The summed E-state index contributed by atoms with van der Waals surface area (Å²) in [6.07, 6.45) is 8.29. The van der Waals surface area contributed by atoms with Crippen LogP contribution < -0.4 is 5.73 Å². The van der Waals surface area contributed by atoms with E-state index in [4.69, 9.17) is 10.5 Å². The van der Waals surface area contributed by atoms with Crippen LogP contribution in [0.4, 0.5) is 0 Å². The zero-order valence-corrected chi connectivity index (χ0v) is 17.6. The molecule has 4 atom stereocenters. The van der Waals surface area contributed by atoms with Crippen LogP contribution in [0.25, 0.3) is 0 Å². The van der Waals surface area contributed by atoms with Gasteiger partial charge >= 0.3 is 5.97 Å². The Morgan fingerprint density at radius 3 is 2.17 bits per heavy atom. The summed E-state index contributed by atoms with van der Waals surface area (Å²) in [6.45, 7) is 2.07. The average molecular weight is 394 g/mol. The molecule has 0 radical (unpaired) electrons. The van der Waals surface area contributed by atoms with E-state index in [1.165, 1.54) is 24.0 Å². The first kappa shape index (κ1) is 21.6. The molecule has 2 aromatic rings. The highest BCUT2D eigenvalue weighted by atomic mass is 16.5. The molecule has 3 rings (SSSR count). The number of carbonyl (C=O) groups is 1. The molecule has 29 heavy (non-hydrogen) atoms. The molecule has 0 unspecified atom stereocenters. The Morgan fingerprint density at radius 2 is 1.52 bits per heavy atom. The molecule has 1 fully saturated rings. The highest BCUT2D eigenvalue weighted by molar-refractivity contribution is 5.75. The van der Waals surface area contributed by atoms with Crippen molar-refractivity contribution in [2.75, 3.05) is 0 Å². The quantitative estimate of drug-likeness (QED) is 0.648. The summed E-state index contributed by atoms with van der Waals surface area (Å²) >= 11 is 0.